The highest BCUT2D eigenvalue weighted by atomic mass is 16.5. The highest BCUT2D eigenvalue weighted by Crippen LogP contribution is 2.21. The molecular formula is C39H46N4O7. The molecular weight excluding hydrogens is 636 g/mol. The average molecular weight is 683 g/mol. The lowest BCUT2D eigenvalue weighted by atomic mass is 9.96. The number of benzene rings is 3. The fourth-order valence-corrected chi connectivity index (χ4v) is 6.41. The van der Waals surface area contributed by atoms with Gasteiger partial charge in [0, 0.05) is 19.4 Å². The number of fused-ring (bicyclic) bond motifs is 1. The number of carbonyl (C=O) groups excluding carboxylic acids is 5. The zero-order chi connectivity index (χ0) is 35.3. The topological polar surface area (TPSA) is 143 Å². The van der Waals surface area contributed by atoms with Gasteiger partial charge in [0.2, 0.25) is 23.6 Å². The lowest BCUT2D eigenvalue weighted by molar-refractivity contribution is -0.146. The molecule has 5 rings (SSSR count). The first-order valence-electron chi connectivity index (χ1n) is 17.5. The number of unbranched alkanes of at least 4 members (excludes halogenated alkanes) is 1. The molecule has 50 heavy (non-hydrogen) atoms. The van der Waals surface area contributed by atoms with Crippen molar-refractivity contribution in [3.8, 4) is 5.75 Å². The second kappa shape index (κ2) is 18.0. The van der Waals surface area contributed by atoms with Crippen LogP contribution in [-0.2, 0) is 36.8 Å². The standard InChI is InChI=1S/C39H46N4O7/c1-2-49-30-21-19-28(20-22-30)25-32-36(45)42-33(26-27-13-5-3-6-14-27)38(47)43-23-11-9-18-34(43)37(46)40-31(35(44)41-32)17-10-12-24-50-39(48)29-15-7-4-8-16-29/h3-8,13-16,19-22,31-34H,2,9-12,17-18,23-26H2,1H3,(H,40,46)(H,41,44)(H,42,45)/t31-,32-,33-,34+/m0/s1. The van der Waals surface area contributed by atoms with Gasteiger partial charge in [-0.2, -0.15) is 0 Å². The Kier molecular flexibility index (Phi) is 13.0. The van der Waals surface area contributed by atoms with Crippen LogP contribution in [0.2, 0.25) is 0 Å². The van der Waals surface area contributed by atoms with Crippen molar-refractivity contribution in [3.63, 3.8) is 0 Å². The molecule has 0 aliphatic carbocycles. The van der Waals surface area contributed by atoms with Crippen LogP contribution >= 0.6 is 0 Å². The van der Waals surface area contributed by atoms with Crippen LogP contribution in [-0.4, -0.2) is 78.4 Å². The molecule has 3 aromatic rings. The molecule has 11 nitrogen and oxygen atoms in total. The summed E-state index contributed by atoms with van der Waals surface area (Å²) in [5.74, 6) is -1.47. The van der Waals surface area contributed by atoms with Crippen molar-refractivity contribution >= 4 is 29.6 Å². The second-order valence-electron chi connectivity index (χ2n) is 12.7. The van der Waals surface area contributed by atoms with E-state index in [4.69, 9.17) is 9.47 Å². The molecule has 3 aromatic carbocycles. The van der Waals surface area contributed by atoms with E-state index in [1.165, 1.54) is 0 Å². The first-order valence-corrected chi connectivity index (χ1v) is 17.5. The van der Waals surface area contributed by atoms with E-state index in [0.717, 1.165) is 24.0 Å². The molecule has 2 fully saturated rings. The van der Waals surface area contributed by atoms with Gasteiger partial charge in [-0.3, -0.25) is 19.2 Å². The summed E-state index contributed by atoms with van der Waals surface area (Å²) in [6, 6.07) is 21.7. The zero-order valence-electron chi connectivity index (χ0n) is 28.5. The van der Waals surface area contributed by atoms with Crippen molar-refractivity contribution in [1.29, 1.82) is 0 Å². The van der Waals surface area contributed by atoms with Crippen LogP contribution in [0.3, 0.4) is 0 Å². The van der Waals surface area contributed by atoms with Crippen molar-refractivity contribution in [1.82, 2.24) is 20.9 Å². The number of hydrogen-bond acceptors (Lipinski definition) is 7. The summed E-state index contributed by atoms with van der Waals surface area (Å²) in [5.41, 5.74) is 2.09. The molecule has 2 heterocycles. The molecule has 4 atom stereocenters. The molecule has 2 aliphatic rings. The summed E-state index contributed by atoms with van der Waals surface area (Å²) in [6.45, 7) is 2.92. The van der Waals surface area contributed by atoms with Crippen LogP contribution in [0, 0.1) is 0 Å². The SMILES string of the molecule is CCOc1ccc(C[C@@H]2NC(=O)[C@H](CCCCOC(=O)c3ccccc3)NC(=O)[C@H]3CCCCN3C(=O)[C@H](Cc3ccccc3)NC2=O)cc1. The summed E-state index contributed by atoms with van der Waals surface area (Å²) in [7, 11) is 0. The van der Waals surface area contributed by atoms with Gasteiger partial charge in [0.05, 0.1) is 18.8 Å². The van der Waals surface area contributed by atoms with Crippen molar-refractivity contribution < 1.29 is 33.4 Å². The summed E-state index contributed by atoms with van der Waals surface area (Å²) in [6.07, 6.45) is 3.49. The molecule has 0 saturated carbocycles. The van der Waals surface area contributed by atoms with E-state index in [1.54, 1.807) is 41.3 Å². The van der Waals surface area contributed by atoms with Crippen LogP contribution in [0.4, 0.5) is 0 Å². The van der Waals surface area contributed by atoms with E-state index >= 15 is 0 Å². The van der Waals surface area contributed by atoms with Gasteiger partial charge < -0.3 is 30.3 Å². The van der Waals surface area contributed by atoms with Crippen LogP contribution in [0.5, 0.6) is 5.75 Å². The predicted molar refractivity (Wildman–Crippen MR) is 187 cm³/mol. The van der Waals surface area contributed by atoms with E-state index < -0.39 is 47.9 Å². The van der Waals surface area contributed by atoms with Gasteiger partial charge in [0.15, 0.2) is 0 Å². The third-order valence-electron chi connectivity index (χ3n) is 9.06. The Hall–Kier alpha value is -5.19. The van der Waals surface area contributed by atoms with Gasteiger partial charge >= 0.3 is 5.97 Å². The molecule has 264 valence electrons. The largest absolute Gasteiger partial charge is 0.494 e. The third-order valence-corrected chi connectivity index (χ3v) is 9.06. The minimum Gasteiger partial charge on any atom is -0.494 e. The Morgan fingerprint density at radius 2 is 1.34 bits per heavy atom. The Labute approximate surface area is 293 Å². The normalized spacial score (nSPS) is 21.4. The Morgan fingerprint density at radius 1 is 0.720 bits per heavy atom. The summed E-state index contributed by atoms with van der Waals surface area (Å²) >= 11 is 0. The van der Waals surface area contributed by atoms with Gasteiger partial charge in [0.25, 0.3) is 0 Å². The molecule has 0 unspecified atom stereocenters. The number of piperidine rings is 1. The number of amides is 4. The minimum absolute atomic E-state index is 0.145. The molecule has 2 aliphatic heterocycles. The monoisotopic (exact) mass is 682 g/mol. The van der Waals surface area contributed by atoms with Gasteiger partial charge in [0.1, 0.15) is 29.9 Å². The molecule has 4 amide bonds. The predicted octanol–water partition coefficient (Wildman–Crippen LogP) is 3.75. The van der Waals surface area contributed by atoms with Crippen LogP contribution in [0.1, 0.15) is 66.9 Å². The first kappa shape index (κ1) is 36.1. The van der Waals surface area contributed by atoms with Gasteiger partial charge in [-0.05, 0) is 80.8 Å². The molecule has 11 heteroatoms. The van der Waals surface area contributed by atoms with E-state index in [2.05, 4.69) is 16.0 Å². The summed E-state index contributed by atoms with van der Waals surface area (Å²) in [4.78, 5) is 69.9. The van der Waals surface area contributed by atoms with E-state index in [0.29, 0.717) is 43.7 Å². The maximum atomic E-state index is 14.2. The van der Waals surface area contributed by atoms with E-state index in [1.807, 2.05) is 55.5 Å². The van der Waals surface area contributed by atoms with E-state index in [9.17, 15) is 24.0 Å². The van der Waals surface area contributed by atoms with E-state index in [-0.39, 0.29) is 31.8 Å². The van der Waals surface area contributed by atoms with Crippen molar-refractivity contribution in [2.75, 3.05) is 19.8 Å². The molecule has 3 N–H and O–H groups in total. The van der Waals surface area contributed by atoms with Gasteiger partial charge in [-0.25, -0.2) is 4.79 Å². The highest BCUT2D eigenvalue weighted by Gasteiger charge is 2.39. The third kappa shape index (κ3) is 9.93. The van der Waals surface area contributed by atoms with Gasteiger partial charge in [-0.1, -0.05) is 60.7 Å². The average Bonchev–Trinajstić information content (AvgIpc) is 3.14. The molecule has 0 bridgehead atoms. The fraction of sp³-hybridized carbons (Fsp3) is 0.410. The number of nitrogens with zero attached hydrogens (tertiary/aromatic N) is 1. The molecule has 0 spiro atoms. The molecule has 0 radical (unpaired) electrons. The summed E-state index contributed by atoms with van der Waals surface area (Å²) < 4.78 is 11.0. The first-order chi connectivity index (χ1) is 24.3. The Morgan fingerprint density at radius 3 is 2.06 bits per heavy atom. The number of nitrogens with one attached hydrogen (secondary N) is 3. The quantitative estimate of drug-likeness (QED) is 0.195. The number of hydrogen-bond donors (Lipinski definition) is 3. The minimum atomic E-state index is -1.03. The second-order valence-corrected chi connectivity index (χ2v) is 12.7. The number of carbonyl (C=O) groups is 5. The molecule has 2 saturated heterocycles. The molecule has 0 aromatic heterocycles. The maximum absolute atomic E-state index is 14.2. The van der Waals surface area contributed by atoms with Crippen LogP contribution in [0.15, 0.2) is 84.9 Å². The highest BCUT2D eigenvalue weighted by molar-refractivity contribution is 5.98. The van der Waals surface area contributed by atoms with Crippen LogP contribution in [0.25, 0.3) is 0 Å². The number of ether oxygens (including phenoxy) is 2. The van der Waals surface area contributed by atoms with Crippen molar-refractivity contribution in [2.24, 2.45) is 0 Å². The fourth-order valence-electron chi connectivity index (χ4n) is 6.41. The summed E-state index contributed by atoms with van der Waals surface area (Å²) in [5, 5.41) is 8.76. The smallest absolute Gasteiger partial charge is 0.338 e. The maximum Gasteiger partial charge on any atom is 0.338 e. The zero-order valence-corrected chi connectivity index (χ0v) is 28.5. The Bertz CT molecular complexity index is 1600. The Balaban J connectivity index is 1.36. The van der Waals surface area contributed by atoms with Gasteiger partial charge in [-0.15, -0.1) is 0 Å². The lowest BCUT2D eigenvalue weighted by Gasteiger charge is -2.38. The number of esters is 1. The van der Waals surface area contributed by atoms with Crippen molar-refractivity contribution in [2.45, 2.75) is 82.5 Å². The van der Waals surface area contributed by atoms with Crippen LogP contribution < -0.4 is 20.7 Å². The lowest BCUT2D eigenvalue weighted by Crippen LogP contribution is -2.63. The van der Waals surface area contributed by atoms with Crippen molar-refractivity contribution in [3.05, 3.63) is 102 Å². The number of rotatable bonds is 12.